The van der Waals surface area contributed by atoms with Gasteiger partial charge in [-0.3, -0.25) is 0 Å². The topological polar surface area (TPSA) is 65.4 Å². The van der Waals surface area contributed by atoms with Crippen LogP contribution < -0.4 is 0 Å². The minimum absolute atomic E-state index is 0.317. The monoisotopic (exact) mass is 222 g/mol. The van der Waals surface area contributed by atoms with Gasteiger partial charge in [-0.05, 0) is 15.9 Å². The predicted molar refractivity (Wildman–Crippen MR) is 46.3 cm³/mol. The third-order valence-corrected chi connectivity index (χ3v) is 2.05. The third kappa shape index (κ3) is 0.970. The van der Waals surface area contributed by atoms with Crippen LogP contribution in [0.1, 0.15) is 5.69 Å². The van der Waals surface area contributed by atoms with Crippen LogP contribution in [0.15, 0.2) is 16.9 Å². The quantitative estimate of drug-likeness (QED) is 0.737. The first kappa shape index (κ1) is 7.25. The van der Waals surface area contributed by atoms with E-state index in [2.05, 4.69) is 30.9 Å². The average Bonchev–Trinajstić information content (AvgIpc) is 2.47. The lowest BCUT2D eigenvalue weighted by Gasteiger charge is -1.88. The van der Waals surface area contributed by atoms with Crippen LogP contribution in [0.5, 0.6) is 0 Å². The van der Waals surface area contributed by atoms with Crippen LogP contribution in [0.3, 0.4) is 0 Å². The highest BCUT2D eigenvalue weighted by Crippen LogP contribution is 2.19. The Balaban J connectivity index is 2.80. The third-order valence-electron chi connectivity index (χ3n) is 1.45. The van der Waals surface area contributed by atoms with E-state index in [0.29, 0.717) is 11.3 Å². The summed E-state index contributed by atoms with van der Waals surface area (Å²) in [5.41, 5.74) is 1.69. The zero-order chi connectivity index (χ0) is 8.55. The maximum absolute atomic E-state index is 8.53. The smallest absolute Gasteiger partial charge is 0.161 e. The van der Waals surface area contributed by atoms with Gasteiger partial charge in [0.05, 0.1) is 10.7 Å². The average molecular weight is 223 g/mol. The summed E-state index contributed by atoms with van der Waals surface area (Å²) in [6.45, 7) is 0. The summed E-state index contributed by atoms with van der Waals surface area (Å²) in [5.74, 6) is 0. The van der Waals surface area contributed by atoms with Gasteiger partial charge in [-0.2, -0.15) is 5.26 Å². The Labute approximate surface area is 76.4 Å². The molecule has 0 aromatic carbocycles. The van der Waals surface area contributed by atoms with Gasteiger partial charge in [-0.25, -0.2) is 9.97 Å². The second kappa shape index (κ2) is 2.57. The summed E-state index contributed by atoms with van der Waals surface area (Å²) in [5, 5.41) is 8.53. The second-order valence-corrected chi connectivity index (χ2v) is 3.06. The summed E-state index contributed by atoms with van der Waals surface area (Å²) in [7, 11) is 0. The Bertz CT molecular complexity index is 468. The Kier molecular flexibility index (Phi) is 1.55. The first-order chi connectivity index (χ1) is 5.81. The fourth-order valence-corrected chi connectivity index (χ4v) is 1.32. The molecule has 0 unspecified atom stereocenters. The SMILES string of the molecule is N#Cc1cnc2c(Br)c[nH]c2n1. The molecular weight excluding hydrogens is 220 g/mol. The van der Waals surface area contributed by atoms with E-state index in [1.807, 2.05) is 6.07 Å². The zero-order valence-corrected chi connectivity index (χ0v) is 7.46. The highest BCUT2D eigenvalue weighted by Gasteiger charge is 2.03. The molecular formula is C7H3BrN4. The van der Waals surface area contributed by atoms with Crippen molar-refractivity contribution in [2.24, 2.45) is 0 Å². The summed E-state index contributed by atoms with van der Waals surface area (Å²) in [4.78, 5) is 10.9. The van der Waals surface area contributed by atoms with Crippen molar-refractivity contribution in [3.63, 3.8) is 0 Å². The summed E-state index contributed by atoms with van der Waals surface area (Å²) >= 11 is 3.30. The molecule has 58 valence electrons. The molecule has 0 aliphatic rings. The molecule has 2 aromatic heterocycles. The summed E-state index contributed by atoms with van der Waals surface area (Å²) in [6.07, 6.45) is 3.19. The molecule has 0 fully saturated rings. The molecule has 0 spiro atoms. The summed E-state index contributed by atoms with van der Waals surface area (Å²) in [6, 6.07) is 1.92. The van der Waals surface area contributed by atoms with Gasteiger partial charge in [0, 0.05) is 6.20 Å². The number of fused-ring (bicyclic) bond motifs is 1. The molecule has 0 radical (unpaired) electrons. The number of halogens is 1. The van der Waals surface area contributed by atoms with Gasteiger partial charge in [0.15, 0.2) is 11.3 Å². The second-order valence-electron chi connectivity index (χ2n) is 2.20. The summed E-state index contributed by atoms with van der Waals surface area (Å²) < 4.78 is 0.856. The van der Waals surface area contributed by atoms with Gasteiger partial charge in [-0.15, -0.1) is 0 Å². The number of rotatable bonds is 0. The van der Waals surface area contributed by atoms with Gasteiger partial charge < -0.3 is 4.98 Å². The van der Waals surface area contributed by atoms with Crippen molar-refractivity contribution in [2.45, 2.75) is 0 Å². The minimum atomic E-state index is 0.317. The lowest BCUT2D eigenvalue weighted by atomic mass is 10.4. The predicted octanol–water partition coefficient (Wildman–Crippen LogP) is 1.59. The maximum Gasteiger partial charge on any atom is 0.161 e. The Morgan fingerprint density at radius 1 is 1.58 bits per heavy atom. The number of nitrogens with one attached hydrogen (secondary N) is 1. The molecule has 2 rings (SSSR count). The van der Waals surface area contributed by atoms with E-state index in [9.17, 15) is 0 Å². The van der Waals surface area contributed by atoms with Crippen molar-refractivity contribution in [2.75, 3.05) is 0 Å². The fraction of sp³-hybridized carbons (Fsp3) is 0. The number of nitrogens with zero attached hydrogens (tertiary/aromatic N) is 3. The van der Waals surface area contributed by atoms with E-state index < -0.39 is 0 Å². The van der Waals surface area contributed by atoms with Crippen LogP contribution in [-0.2, 0) is 0 Å². The number of hydrogen-bond acceptors (Lipinski definition) is 3. The molecule has 4 nitrogen and oxygen atoms in total. The van der Waals surface area contributed by atoms with Crippen LogP contribution in [-0.4, -0.2) is 15.0 Å². The molecule has 0 atom stereocenters. The van der Waals surface area contributed by atoms with E-state index in [1.165, 1.54) is 6.20 Å². The molecule has 0 aliphatic heterocycles. The lowest BCUT2D eigenvalue weighted by molar-refractivity contribution is 1.22. The van der Waals surface area contributed by atoms with E-state index >= 15 is 0 Å². The van der Waals surface area contributed by atoms with Crippen LogP contribution in [0.25, 0.3) is 11.2 Å². The molecule has 0 amide bonds. The van der Waals surface area contributed by atoms with E-state index in [1.54, 1.807) is 6.20 Å². The molecule has 2 heterocycles. The van der Waals surface area contributed by atoms with Crippen molar-refractivity contribution >= 4 is 27.1 Å². The fourth-order valence-electron chi connectivity index (χ4n) is 0.918. The molecule has 2 aromatic rings. The molecule has 5 heteroatoms. The number of hydrogen-bond donors (Lipinski definition) is 1. The highest BCUT2D eigenvalue weighted by molar-refractivity contribution is 9.10. The molecule has 0 saturated carbocycles. The zero-order valence-electron chi connectivity index (χ0n) is 5.87. The van der Waals surface area contributed by atoms with E-state index in [-0.39, 0.29) is 0 Å². The van der Waals surface area contributed by atoms with Crippen LogP contribution in [0.4, 0.5) is 0 Å². The number of H-pyrrole nitrogens is 1. The van der Waals surface area contributed by atoms with Gasteiger partial charge in [-0.1, -0.05) is 0 Å². The maximum atomic E-state index is 8.53. The van der Waals surface area contributed by atoms with Crippen molar-refractivity contribution in [1.82, 2.24) is 15.0 Å². The molecule has 0 bridgehead atoms. The van der Waals surface area contributed by atoms with Gasteiger partial charge in [0.1, 0.15) is 11.6 Å². The molecule has 1 N–H and O–H groups in total. The van der Waals surface area contributed by atoms with E-state index in [4.69, 9.17) is 5.26 Å². The highest BCUT2D eigenvalue weighted by atomic mass is 79.9. The van der Waals surface area contributed by atoms with Crippen LogP contribution in [0.2, 0.25) is 0 Å². The number of aromatic nitrogens is 3. The largest absolute Gasteiger partial charge is 0.344 e. The number of nitriles is 1. The lowest BCUT2D eigenvalue weighted by Crippen LogP contribution is -1.85. The number of aromatic amines is 1. The van der Waals surface area contributed by atoms with Gasteiger partial charge in [0.25, 0.3) is 0 Å². The Hall–Kier alpha value is -1.41. The first-order valence-corrected chi connectivity index (χ1v) is 4.00. The van der Waals surface area contributed by atoms with Crippen molar-refractivity contribution in [1.29, 1.82) is 5.26 Å². The standard InChI is InChI=1S/C7H3BrN4/c8-5-3-11-7-6(5)10-2-4(1-9)12-7/h2-3H,(H,11,12). The minimum Gasteiger partial charge on any atom is -0.344 e. The van der Waals surface area contributed by atoms with E-state index in [0.717, 1.165) is 9.99 Å². The Morgan fingerprint density at radius 2 is 2.42 bits per heavy atom. The molecule has 0 saturated heterocycles. The normalized spacial score (nSPS) is 10.0. The van der Waals surface area contributed by atoms with Crippen LogP contribution in [0, 0.1) is 11.3 Å². The van der Waals surface area contributed by atoms with Crippen molar-refractivity contribution in [3.05, 3.63) is 22.6 Å². The van der Waals surface area contributed by atoms with Gasteiger partial charge >= 0.3 is 0 Å². The van der Waals surface area contributed by atoms with Gasteiger partial charge in [0.2, 0.25) is 0 Å². The van der Waals surface area contributed by atoms with Crippen molar-refractivity contribution < 1.29 is 0 Å². The van der Waals surface area contributed by atoms with Crippen LogP contribution >= 0.6 is 15.9 Å². The molecule has 0 aliphatic carbocycles. The Morgan fingerprint density at radius 3 is 3.17 bits per heavy atom. The van der Waals surface area contributed by atoms with Crippen molar-refractivity contribution in [3.8, 4) is 6.07 Å². The molecule has 12 heavy (non-hydrogen) atoms. The first-order valence-electron chi connectivity index (χ1n) is 3.21.